The van der Waals surface area contributed by atoms with Crippen molar-refractivity contribution in [2.75, 3.05) is 5.75 Å². The van der Waals surface area contributed by atoms with E-state index in [-0.39, 0.29) is 28.4 Å². The predicted octanol–water partition coefficient (Wildman–Crippen LogP) is 2.54. The highest BCUT2D eigenvalue weighted by Gasteiger charge is 2.33. The largest absolute Gasteiger partial charge is 0.545 e. The van der Waals surface area contributed by atoms with Crippen molar-refractivity contribution in [3.05, 3.63) is 23.9 Å². The number of aromatic carboxylic acids is 1. The maximum Gasteiger partial charge on any atom is 0.316 e. The molecule has 1 saturated carbocycles. The van der Waals surface area contributed by atoms with Gasteiger partial charge in [0.2, 0.25) is 0 Å². The highest BCUT2D eigenvalue weighted by Crippen LogP contribution is 2.35. The molecule has 1 aromatic heterocycles. The maximum atomic E-state index is 12.2. The highest BCUT2D eigenvalue weighted by atomic mass is 32.2. The van der Waals surface area contributed by atoms with Crippen LogP contribution in [-0.4, -0.2) is 28.8 Å². The Hall–Kier alpha value is -1.56. The molecule has 0 saturated heterocycles. The lowest BCUT2D eigenvalue weighted by Crippen LogP contribution is -2.36. The highest BCUT2D eigenvalue weighted by molar-refractivity contribution is 8.00. The van der Waals surface area contributed by atoms with Crippen LogP contribution in [-0.2, 0) is 9.53 Å². The molecule has 0 aromatic carbocycles. The molecule has 6 heteroatoms. The van der Waals surface area contributed by atoms with E-state index >= 15 is 0 Å². The lowest BCUT2D eigenvalue weighted by molar-refractivity contribution is -0.255. The van der Waals surface area contributed by atoms with E-state index in [1.54, 1.807) is 0 Å². The van der Waals surface area contributed by atoms with Crippen molar-refractivity contribution in [2.45, 2.75) is 51.2 Å². The van der Waals surface area contributed by atoms with Crippen molar-refractivity contribution in [3.8, 4) is 0 Å². The average Bonchev–Trinajstić information content (AvgIpc) is 2.53. The number of aromatic nitrogens is 1. The minimum Gasteiger partial charge on any atom is -0.545 e. The molecule has 1 aliphatic rings. The van der Waals surface area contributed by atoms with Crippen LogP contribution in [0.2, 0.25) is 0 Å². The fourth-order valence-corrected chi connectivity index (χ4v) is 4.01. The molecule has 0 spiro atoms. The second-order valence-corrected chi connectivity index (χ2v) is 7.75. The van der Waals surface area contributed by atoms with Gasteiger partial charge in [-0.25, -0.2) is 4.98 Å². The normalized spacial score (nSPS) is 23.9. The zero-order valence-electron chi connectivity index (χ0n) is 14.4. The molecule has 0 radical (unpaired) electrons. The van der Waals surface area contributed by atoms with Gasteiger partial charge >= 0.3 is 5.97 Å². The van der Waals surface area contributed by atoms with E-state index in [9.17, 15) is 14.7 Å². The van der Waals surface area contributed by atoms with Crippen molar-refractivity contribution in [2.24, 2.45) is 17.8 Å². The summed E-state index contributed by atoms with van der Waals surface area (Å²) in [6, 6.07) is 2.96. The topological polar surface area (TPSA) is 79.3 Å². The summed E-state index contributed by atoms with van der Waals surface area (Å²) in [5.41, 5.74) is 0.00152. The van der Waals surface area contributed by atoms with Gasteiger partial charge in [0.1, 0.15) is 11.1 Å². The Balaban J connectivity index is 1.94. The smallest absolute Gasteiger partial charge is 0.316 e. The average molecular weight is 350 g/mol. The van der Waals surface area contributed by atoms with Gasteiger partial charge in [-0.05, 0) is 42.7 Å². The molecule has 24 heavy (non-hydrogen) atoms. The first-order valence-corrected chi connectivity index (χ1v) is 9.35. The van der Waals surface area contributed by atoms with Gasteiger partial charge in [-0.3, -0.25) is 4.79 Å². The first-order valence-electron chi connectivity index (χ1n) is 8.37. The van der Waals surface area contributed by atoms with E-state index in [1.165, 1.54) is 24.8 Å². The molecule has 1 aliphatic carbocycles. The molecule has 0 bridgehead atoms. The molecule has 1 fully saturated rings. The number of pyridine rings is 1. The quantitative estimate of drug-likeness (QED) is 0.579. The van der Waals surface area contributed by atoms with E-state index in [4.69, 9.17) is 4.74 Å². The Kier molecular flexibility index (Phi) is 6.66. The van der Waals surface area contributed by atoms with E-state index in [2.05, 4.69) is 25.8 Å². The zero-order valence-corrected chi connectivity index (χ0v) is 15.2. The number of carbonyl (C=O) groups is 2. The molecule has 2 rings (SSSR count). The van der Waals surface area contributed by atoms with Gasteiger partial charge in [0.15, 0.2) is 0 Å². The van der Waals surface area contributed by atoms with E-state index in [1.807, 2.05) is 0 Å². The van der Waals surface area contributed by atoms with Gasteiger partial charge in [0, 0.05) is 11.8 Å². The Morgan fingerprint density at radius 1 is 1.42 bits per heavy atom. The third-order valence-electron chi connectivity index (χ3n) is 4.56. The van der Waals surface area contributed by atoms with Crippen LogP contribution >= 0.6 is 11.8 Å². The first kappa shape index (κ1) is 18.8. The summed E-state index contributed by atoms with van der Waals surface area (Å²) in [5.74, 6) is -0.134. The number of carboxylic acids is 1. The Bertz CT molecular complexity index is 590. The molecule has 1 aromatic rings. The molecule has 0 unspecified atom stereocenters. The number of nitrogens with zero attached hydrogens (tertiary/aromatic N) is 1. The maximum absolute atomic E-state index is 12.2. The Morgan fingerprint density at radius 3 is 2.83 bits per heavy atom. The van der Waals surface area contributed by atoms with Gasteiger partial charge in [0.25, 0.3) is 0 Å². The van der Waals surface area contributed by atoms with Gasteiger partial charge in [-0.1, -0.05) is 39.0 Å². The van der Waals surface area contributed by atoms with Crippen molar-refractivity contribution < 1.29 is 19.4 Å². The second kappa shape index (κ2) is 8.51. The van der Waals surface area contributed by atoms with Crippen molar-refractivity contribution in [1.29, 1.82) is 0 Å². The monoisotopic (exact) mass is 350 g/mol. The molecule has 0 N–H and O–H groups in total. The van der Waals surface area contributed by atoms with E-state index in [0.29, 0.717) is 17.8 Å². The first-order chi connectivity index (χ1) is 11.4. The number of rotatable bonds is 6. The standard InChI is InChI=1S/C18H25NO4S/c1-11(2)13-7-6-12(3)9-15(13)23-16(20)10-24-17-14(18(21)22)5-4-8-19-17/h4-5,8,11-13,15H,6-7,9-10H2,1-3H3,(H,21,22)/p-1/t12-,13+,15+/m0/s1. The third kappa shape index (κ3) is 4.97. The van der Waals surface area contributed by atoms with Crippen LogP contribution in [0.25, 0.3) is 0 Å². The molecular formula is C18H24NO4S-. The summed E-state index contributed by atoms with van der Waals surface area (Å²) in [6.07, 6.45) is 4.60. The molecule has 1 heterocycles. The molecule has 132 valence electrons. The summed E-state index contributed by atoms with van der Waals surface area (Å²) in [4.78, 5) is 27.3. The fraction of sp³-hybridized carbons (Fsp3) is 0.611. The Labute approximate surface area is 147 Å². The number of ether oxygens (including phenoxy) is 1. The number of carbonyl (C=O) groups excluding carboxylic acids is 2. The molecule has 0 aliphatic heterocycles. The third-order valence-corrected chi connectivity index (χ3v) is 5.54. The summed E-state index contributed by atoms with van der Waals surface area (Å²) in [6.45, 7) is 6.51. The van der Waals surface area contributed by atoms with Gasteiger partial charge in [0.05, 0.1) is 11.7 Å². The van der Waals surface area contributed by atoms with Crippen LogP contribution in [0.4, 0.5) is 0 Å². The number of hydrogen-bond donors (Lipinski definition) is 0. The molecule has 3 atom stereocenters. The van der Waals surface area contributed by atoms with Crippen LogP contribution in [0.15, 0.2) is 23.4 Å². The lowest BCUT2D eigenvalue weighted by atomic mass is 9.75. The number of hydrogen-bond acceptors (Lipinski definition) is 6. The lowest BCUT2D eigenvalue weighted by Gasteiger charge is -2.36. The van der Waals surface area contributed by atoms with Gasteiger partial charge in [-0.15, -0.1) is 0 Å². The Morgan fingerprint density at radius 2 is 2.17 bits per heavy atom. The van der Waals surface area contributed by atoms with Crippen molar-refractivity contribution >= 4 is 23.7 Å². The van der Waals surface area contributed by atoms with E-state index in [0.717, 1.165) is 24.6 Å². The number of carboxylic acid groups (broad SMARTS) is 1. The molecule has 0 amide bonds. The second-order valence-electron chi connectivity index (χ2n) is 6.79. The van der Waals surface area contributed by atoms with Crippen LogP contribution < -0.4 is 5.11 Å². The van der Waals surface area contributed by atoms with Crippen LogP contribution in [0.3, 0.4) is 0 Å². The number of esters is 1. The summed E-state index contributed by atoms with van der Waals surface area (Å²) in [7, 11) is 0. The van der Waals surface area contributed by atoms with Crippen LogP contribution in [0, 0.1) is 17.8 Å². The SMILES string of the molecule is CC(C)[C@H]1CC[C@H](C)C[C@H]1OC(=O)CSc1ncccc1C(=O)[O-]. The van der Waals surface area contributed by atoms with Crippen LogP contribution in [0.1, 0.15) is 50.4 Å². The molecule has 5 nitrogen and oxygen atoms in total. The van der Waals surface area contributed by atoms with Crippen molar-refractivity contribution in [1.82, 2.24) is 4.98 Å². The van der Waals surface area contributed by atoms with Gasteiger partial charge in [-0.2, -0.15) is 0 Å². The molecular weight excluding hydrogens is 326 g/mol. The van der Waals surface area contributed by atoms with E-state index < -0.39 is 5.97 Å². The summed E-state index contributed by atoms with van der Waals surface area (Å²) >= 11 is 1.08. The van der Waals surface area contributed by atoms with Crippen molar-refractivity contribution in [3.63, 3.8) is 0 Å². The van der Waals surface area contributed by atoms with Crippen LogP contribution in [0.5, 0.6) is 0 Å². The minimum atomic E-state index is -1.29. The fourth-order valence-electron chi connectivity index (χ4n) is 3.24. The number of thioether (sulfide) groups is 1. The minimum absolute atomic E-state index is 0.00152. The van der Waals surface area contributed by atoms with Gasteiger partial charge < -0.3 is 14.6 Å². The predicted molar refractivity (Wildman–Crippen MR) is 90.5 cm³/mol. The summed E-state index contributed by atoms with van der Waals surface area (Å²) in [5, 5.41) is 11.3. The summed E-state index contributed by atoms with van der Waals surface area (Å²) < 4.78 is 5.71. The zero-order chi connectivity index (χ0) is 17.7.